The van der Waals surface area contributed by atoms with Crippen LogP contribution in [0.2, 0.25) is 0 Å². The topological polar surface area (TPSA) is 41.6 Å². The molecule has 0 aromatic heterocycles. The van der Waals surface area contributed by atoms with Crippen LogP contribution in [0.25, 0.3) is 0 Å². The summed E-state index contributed by atoms with van der Waals surface area (Å²) in [7, 11) is 3.76. The third-order valence-electron chi connectivity index (χ3n) is 4.27. The Morgan fingerprint density at radius 1 is 1.33 bits per heavy atom. The molecule has 2 heterocycles. The second kappa shape index (κ2) is 3.99. The summed E-state index contributed by atoms with van der Waals surface area (Å²) in [6, 6.07) is 5.85. The van der Waals surface area contributed by atoms with Gasteiger partial charge in [-0.05, 0) is 56.7 Å². The van der Waals surface area contributed by atoms with E-state index in [9.17, 15) is 4.79 Å². The molecule has 2 aliphatic heterocycles. The molecule has 4 nitrogen and oxygen atoms in total. The lowest BCUT2D eigenvalue weighted by atomic mass is 9.74. The summed E-state index contributed by atoms with van der Waals surface area (Å²) >= 11 is 0. The quantitative estimate of drug-likeness (QED) is 0.818. The molecule has 0 radical (unpaired) electrons. The van der Waals surface area contributed by atoms with E-state index in [1.807, 2.05) is 18.2 Å². The highest BCUT2D eigenvalue weighted by atomic mass is 16.5. The van der Waals surface area contributed by atoms with E-state index in [1.54, 1.807) is 7.11 Å². The molecule has 0 atom stereocenters. The minimum Gasteiger partial charge on any atom is -0.497 e. The smallest absolute Gasteiger partial charge is 0.235 e. The normalized spacial score (nSPS) is 21.8. The number of hydrogen-bond donors (Lipinski definition) is 1. The summed E-state index contributed by atoms with van der Waals surface area (Å²) in [5, 5.41) is 3.01. The van der Waals surface area contributed by atoms with E-state index >= 15 is 0 Å². The highest BCUT2D eigenvalue weighted by Crippen LogP contribution is 2.45. The maximum absolute atomic E-state index is 12.3. The number of benzene rings is 1. The fourth-order valence-corrected chi connectivity index (χ4v) is 3.02. The van der Waals surface area contributed by atoms with Crippen molar-refractivity contribution in [1.29, 1.82) is 0 Å². The fraction of sp³-hybridized carbons (Fsp3) is 0.500. The maximum atomic E-state index is 12.3. The molecule has 2 aliphatic rings. The second-order valence-corrected chi connectivity index (χ2v) is 5.25. The molecule has 18 heavy (non-hydrogen) atoms. The molecular weight excluding hydrogens is 228 g/mol. The van der Waals surface area contributed by atoms with Gasteiger partial charge in [0.2, 0.25) is 5.91 Å². The molecule has 1 N–H and O–H groups in total. The molecule has 0 unspecified atom stereocenters. The van der Waals surface area contributed by atoms with Crippen LogP contribution in [0, 0.1) is 0 Å². The Morgan fingerprint density at radius 3 is 2.72 bits per heavy atom. The van der Waals surface area contributed by atoms with Crippen LogP contribution in [-0.4, -0.2) is 38.1 Å². The van der Waals surface area contributed by atoms with Crippen LogP contribution in [0.15, 0.2) is 18.2 Å². The van der Waals surface area contributed by atoms with Crippen molar-refractivity contribution in [2.45, 2.75) is 18.3 Å². The molecule has 1 spiro atoms. The first-order valence-electron chi connectivity index (χ1n) is 6.34. The molecule has 96 valence electrons. The number of nitrogens with zero attached hydrogens (tertiary/aromatic N) is 1. The molecular formula is C14H18N2O2. The SMILES string of the molecule is COc1ccc2c(c1)C1(CCN(C)CC1)C(=O)N2. The lowest BCUT2D eigenvalue weighted by Crippen LogP contribution is -2.45. The Hall–Kier alpha value is -1.55. The zero-order chi connectivity index (χ0) is 12.8. The van der Waals surface area contributed by atoms with Gasteiger partial charge in [-0.1, -0.05) is 0 Å². The van der Waals surface area contributed by atoms with Gasteiger partial charge in [0, 0.05) is 5.69 Å². The van der Waals surface area contributed by atoms with Crippen molar-refractivity contribution in [3.05, 3.63) is 23.8 Å². The van der Waals surface area contributed by atoms with Crippen molar-refractivity contribution < 1.29 is 9.53 Å². The Balaban J connectivity index is 2.04. The third-order valence-corrected chi connectivity index (χ3v) is 4.27. The van der Waals surface area contributed by atoms with Crippen LogP contribution < -0.4 is 10.1 Å². The minimum atomic E-state index is -0.337. The Kier molecular flexibility index (Phi) is 2.55. The minimum absolute atomic E-state index is 0.152. The lowest BCUT2D eigenvalue weighted by molar-refractivity contribution is -0.122. The maximum Gasteiger partial charge on any atom is 0.235 e. The first-order chi connectivity index (χ1) is 8.65. The predicted octanol–water partition coefficient (Wildman–Crippen LogP) is 1.61. The Bertz CT molecular complexity index is 491. The van der Waals surface area contributed by atoms with E-state index in [1.165, 1.54) is 0 Å². The predicted molar refractivity (Wildman–Crippen MR) is 70.0 cm³/mol. The van der Waals surface area contributed by atoms with Gasteiger partial charge in [0.25, 0.3) is 0 Å². The van der Waals surface area contributed by atoms with E-state index in [0.717, 1.165) is 42.9 Å². The van der Waals surface area contributed by atoms with E-state index in [0.29, 0.717) is 0 Å². The van der Waals surface area contributed by atoms with Crippen molar-refractivity contribution in [2.24, 2.45) is 0 Å². The molecule has 1 aromatic rings. The number of nitrogens with one attached hydrogen (secondary N) is 1. The average Bonchev–Trinajstić information content (AvgIpc) is 2.65. The van der Waals surface area contributed by atoms with Crippen LogP contribution in [0.5, 0.6) is 5.75 Å². The number of amides is 1. The molecule has 3 rings (SSSR count). The molecule has 4 heteroatoms. The van der Waals surface area contributed by atoms with Gasteiger partial charge in [-0.15, -0.1) is 0 Å². The van der Waals surface area contributed by atoms with Crippen LogP contribution in [0.4, 0.5) is 5.69 Å². The number of piperidine rings is 1. The zero-order valence-electron chi connectivity index (χ0n) is 10.8. The van der Waals surface area contributed by atoms with Gasteiger partial charge < -0.3 is 15.0 Å². The zero-order valence-corrected chi connectivity index (χ0v) is 10.8. The number of rotatable bonds is 1. The summed E-state index contributed by atoms with van der Waals surface area (Å²) in [6.45, 7) is 1.92. The number of ether oxygens (including phenoxy) is 1. The summed E-state index contributed by atoms with van der Waals surface area (Å²) < 4.78 is 5.28. The van der Waals surface area contributed by atoms with E-state index < -0.39 is 0 Å². The van der Waals surface area contributed by atoms with Crippen LogP contribution in [-0.2, 0) is 10.2 Å². The standard InChI is InChI=1S/C14H18N2O2/c1-16-7-5-14(6-8-16)11-9-10(18-2)3-4-12(11)15-13(14)17/h3-4,9H,5-8H2,1-2H3,(H,15,17). The first kappa shape index (κ1) is 11.5. The molecule has 1 aromatic carbocycles. The van der Waals surface area contributed by atoms with Crippen molar-refractivity contribution in [3.8, 4) is 5.75 Å². The average molecular weight is 246 g/mol. The van der Waals surface area contributed by atoms with Crippen molar-refractivity contribution in [2.75, 3.05) is 32.6 Å². The number of likely N-dealkylation sites (tertiary alicyclic amines) is 1. The largest absolute Gasteiger partial charge is 0.497 e. The number of methoxy groups -OCH3 is 1. The number of carbonyl (C=O) groups excluding carboxylic acids is 1. The van der Waals surface area contributed by atoms with Gasteiger partial charge in [0.1, 0.15) is 5.75 Å². The molecule has 0 bridgehead atoms. The van der Waals surface area contributed by atoms with E-state index in [2.05, 4.69) is 17.3 Å². The Labute approximate surface area is 107 Å². The van der Waals surface area contributed by atoms with Gasteiger partial charge in [0.15, 0.2) is 0 Å². The van der Waals surface area contributed by atoms with Gasteiger partial charge in [0.05, 0.1) is 12.5 Å². The molecule has 1 fully saturated rings. The molecule has 0 aliphatic carbocycles. The van der Waals surface area contributed by atoms with Crippen LogP contribution >= 0.6 is 0 Å². The number of anilines is 1. The highest BCUT2D eigenvalue weighted by Gasteiger charge is 2.48. The number of hydrogen-bond acceptors (Lipinski definition) is 3. The summed E-state index contributed by atoms with van der Waals surface area (Å²) in [5.41, 5.74) is 1.72. The van der Waals surface area contributed by atoms with Gasteiger partial charge in [-0.25, -0.2) is 0 Å². The van der Waals surface area contributed by atoms with Crippen molar-refractivity contribution in [3.63, 3.8) is 0 Å². The summed E-state index contributed by atoms with van der Waals surface area (Å²) in [5.74, 6) is 0.974. The van der Waals surface area contributed by atoms with Crippen LogP contribution in [0.1, 0.15) is 18.4 Å². The third kappa shape index (κ3) is 1.52. The van der Waals surface area contributed by atoms with E-state index in [-0.39, 0.29) is 11.3 Å². The molecule has 1 amide bonds. The number of carbonyl (C=O) groups is 1. The number of fused-ring (bicyclic) bond motifs is 2. The van der Waals surface area contributed by atoms with E-state index in [4.69, 9.17) is 4.74 Å². The Morgan fingerprint density at radius 2 is 2.06 bits per heavy atom. The van der Waals surface area contributed by atoms with Crippen molar-refractivity contribution in [1.82, 2.24) is 4.90 Å². The highest BCUT2D eigenvalue weighted by molar-refractivity contribution is 6.06. The molecule has 1 saturated heterocycles. The summed E-state index contributed by atoms with van der Waals surface area (Å²) in [6.07, 6.45) is 1.77. The summed E-state index contributed by atoms with van der Waals surface area (Å²) in [4.78, 5) is 14.6. The molecule has 0 saturated carbocycles. The lowest BCUT2D eigenvalue weighted by Gasteiger charge is -2.36. The second-order valence-electron chi connectivity index (χ2n) is 5.25. The monoisotopic (exact) mass is 246 g/mol. The van der Waals surface area contributed by atoms with Gasteiger partial charge in [-0.3, -0.25) is 4.79 Å². The van der Waals surface area contributed by atoms with Crippen LogP contribution in [0.3, 0.4) is 0 Å². The fourth-order valence-electron chi connectivity index (χ4n) is 3.02. The van der Waals surface area contributed by atoms with Crippen molar-refractivity contribution >= 4 is 11.6 Å². The first-order valence-corrected chi connectivity index (χ1v) is 6.34. The van der Waals surface area contributed by atoms with Gasteiger partial charge >= 0.3 is 0 Å². The van der Waals surface area contributed by atoms with Gasteiger partial charge in [-0.2, -0.15) is 0 Å².